The van der Waals surface area contributed by atoms with E-state index in [1.807, 2.05) is 0 Å². The summed E-state index contributed by atoms with van der Waals surface area (Å²) in [7, 11) is 0. The summed E-state index contributed by atoms with van der Waals surface area (Å²) < 4.78 is 0. The van der Waals surface area contributed by atoms with Crippen LogP contribution in [0.3, 0.4) is 0 Å². The fourth-order valence-electron chi connectivity index (χ4n) is 3.33. The van der Waals surface area contributed by atoms with Gasteiger partial charge in [0.15, 0.2) is 0 Å². The first-order chi connectivity index (χ1) is 9.95. The van der Waals surface area contributed by atoms with Gasteiger partial charge in [-0.15, -0.1) is 0 Å². The number of carbonyl (C=O) groups is 2. The molecule has 2 saturated heterocycles. The fourth-order valence-corrected chi connectivity index (χ4v) is 3.33. The number of carbonyl (C=O) groups excluding carboxylic acids is 1. The molecule has 2 rings (SSSR count). The number of carboxylic acids is 1. The number of nitrogens with one attached hydrogen (secondary N) is 1. The molecule has 21 heavy (non-hydrogen) atoms. The molecule has 6 heteroatoms. The maximum atomic E-state index is 12.3. The van der Waals surface area contributed by atoms with Crippen LogP contribution >= 0.6 is 0 Å². The van der Waals surface area contributed by atoms with Crippen LogP contribution in [0, 0.1) is 0 Å². The molecule has 2 fully saturated rings. The van der Waals surface area contributed by atoms with Crippen molar-refractivity contribution in [2.24, 2.45) is 0 Å². The van der Waals surface area contributed by atoms with Crippen molar-refractivity contribution < 1.29 is 14.7 Å². The molecule has 2 amide bonds. The van der Waals surface area contributed by atoms with E-state index in [1.165, 1.54) is 24.2 Å². The van der Waals surface area contributed by atoms with Crippen LogP contribution in [0.25, 0.3) is 0 Å². The van der Waals surface area contributed by atoms with E-state index in [-0.39, 0.29) is 6.03 Å². The van der Waals surface area contributed by atoms with Gasteiger partial charge in [-0.3, -0.25) is 4.90 Å². The van der Waals surface area contributed by atoms with Gasteiger partial charge in [0.1, 0.15) is 5.54 Å². The molecule has 2 N–H and O–H groups in total. The Kier molecular flexibility index (Phi) is 5.08. The van der Waals surface area contributed by atoms with E-state index in [4.69, 9.17) is 0 Å². The highest BCUT2D eigenvalue weighted by Gasteiger charge is 2.45. The molecule has 2 heterocycles. The maximum absolute atomic E-state index is 12.3. The molecule has 0 radical (unpaired) electrons. The van der Waals surface area contributed by atoms with E-state index < -0.39 is 11.5 Å². The van der Waals surface area contributed by atoms with E-state index in [9.17, 15) is 14.7 Å². The zero-order chi connectivity index (χ0) is 15.5. The van der Waals surface area contributed by atoms with Crippen LogP contribution in [0.1, 0.15) is 46.0 Å². The quantitative estimate of drug-likeness (QED) is 0.825. The SMILES string of the molecule is CC(CNC(=O)N1CCCC1(C)C(=O)O)N1CCCCC1. The molecule has 0 aromatic heterocycles. The molecule has 0 aromatic carbocycles. The molecule has 2 atom stereocenters. The van der Waals surface area contributed by atoms with Crippen molar-refractivity contribution in [1.29, 1.82) is 0 Å². The fraction of sp³-hybridized carbons (Fsp3) is 0.867. The maximum Gasteiger partial charge on any atom is 0.329 e. The number of rotatable bonds is 4. The van der Waals surface area contributed by atoms with Gasteiger partial charge in [-0.25, -0.2) is 9.59 Å². The summed E-state index contributed by atoms with van der Waals surface area (Å²) in [5.74, 6) is -0.917. The van der Waals surface area contributed by atoms with Gasteiger partial charge in [-0.2, -0.15) is 0 Å². The number of hydrogen-bond donors (Lipinski definition) is 2. The van der Waals surface area contributed by atoms with Gasteiger partial charge in [0.05, 0.1) is 0 Å². The average molecular weight is 297 g/mol. The lowest BCUT2D eigenvalue weighted by Crippen LogP contribution is -2.55. The number of hydrogen-bond acceptors (Lipinski definition) is 3. The molecule has 2 aliphatic rings. The van der Waals surface area contributed by atoms with Gasteiger partial charge in [0.2, 0.25) is 0 Å². The number of amides is 2. The van der Waals surface area contributed by atoms with Crippen LogP contribution in [-0.2, 0) is 4.79 Å². The highest BCUT2D eigenvalue weighted by molar-refractivity contribution is 5.86. The summed E-state index contributed by atoms with van der Waals surface area (Å²) in [4.78, 5) is 27.5. The minimum absolute atomic E-state index is 0.249. The van der Waals surface area contributed by atoms with Crippen LogP contribution in [0.2, 0.25) is 0 Å². The van der Waals surface area contributed by atoms with E-state index >= 15 is 0 Å². The molecule has 0 aliphatic carbocycles. The zero-order valence-electron chi connectivity index (χ0n) is 13.1. The Balaban J connectivity index is 1.85. The van der Waals surface area contributed by atoms with Crippen LogP contribution in [-0.4, -0.2) is 64.7 Å². The van der Waals surface area contributed by atoms with E-state index in [2.05, 4.69) is 17.1 Å². The summed E-state index contributed by atoms with van der Waals surface area (Å²) in [5, 5.41) is 12.3. The second kappa shape index (κ2) is 6.64. The highest BCUT2D eigenvalue weighted by atomic mass is 16.4. The summed E-state index contributed by atoms with van der Waals surface area (Å²) in [5.41, 5.74) is -1.06. The van der Waals surface area contributed by atoms with Crippen molar-refractivity contribution in [2.45, 2.75) is 57.5 Å². The minimum Gasteiger partial charge on any atom is -0.480 e. The third-order valence-electron chi connectivity index (χ3n) is 4.91. The molecule has 2 unspecified atom stereocenters. The number of piperidine rings is 1. The highest BCUT2D eigenvalue weighted by Crippen LogP contribution is 2.29. The number of urea groups is 1. The van der Waals surface area contributed by atoms with E-state index in [0.717, 1.165) is 19.5 Å². The summed E-state index contributed by atoms with van der Waals surface area (Å²) >= 11 is 0. The second-order valence-corrected chi connectivity index (χ2v) is 6.47. The van der Waals surface area contributed by atoms with Gasteiger partial charge >= 0.3 is 12.0 Å². The summed E-state index contributed by atoms with van der Waals surface area (Å²) in [6, 6.07) is 0.0502. The Morgan fingerprint density at radius 1 is 1.19 bits per heavy atom. The second-order valence-electron chi connectivity index (χ2n) is 6.47. The molecule has 2 aliphatic heterocycles. The Morgan fingerprint density at radius 2 is 1.86 bits per heavy atom. The Hall–Kier alpha value is -1.30. The third-order valence-corrected chi connectivity index (χ3v) is 4.91. The normalized spacial score (nSPS) is 28.4. The number of likely N-dealkylation sites (tertiary alicyclic amines) is 2. The van der Waals surface area contributed by atoms with Crippen molar-refractivity contribution in [2.75, 3.05) is 26.2 Å². The molecule has 6 nitrogen and oxygen atoms in total. The summed E-state index contributed by atoms with van der Waals surface area (Å²) in [6.45, 7) is 7.03. The van der Waals surface area contributed by atoms with Gasteiger partial charge < -0.3 is 15.3 Å². The Bertz CT molecular complexity index is 396. The number of nitrogens with zero attached hydrogens (tertiary/aromatic N) is 2. The lowest BCUT2D eigenvalue weighted by atomic mass is 10.00. The van der Waals surface area contributed by atoms with Crippen molar-refractivity contribution in [3.63, 3.8) is 0 Å². The first-order valence-corrected chi connectivity index (χ1v) is 7.98. The number of aliphatic carboxylic acids is 1. The minimum atomic E-state index is -1.06. The number of carboxylic acid groups (broad SMARTS) is 1. The van der Waals surface area contributed by atoms with Crippen LogP contribution in [0.4, 0.5) is 4.79 Å². The van der Waals surface area contributed by atoms with E-state index in [1.54, 1.807) is 6.92 Å². The predicted molar refractivity (Wildman–Crippen MR) is 80.3 cm³/mol. The van der Waals surface area contributed by atoms with Crippen molar-refractivity contribution >= 4 is 12.0 Å². The lowest BCUT2D eigenvalue weighted by molar-refractivity contribution is -0.147. The van der Waals surface area contributed by atoms with Crippen molar-refractivity contribution in [3.05, 3.63) is 0 Å². The molecule has 0 spiro atoms. The van der Waals surface area contributed by atoms with E-state index in [0.29, 0.717) is 25.6 Å². The predicted octanol–water partition coefficient (Wildman–Crippen LogP) is 1.51. The van der Waals surface area contributed by atoms with Crippen LogP contribution in [0.5, 0.6) is 0 Å². The molecule has 0 aromatic rings. The van der Waals surface area contributed by atoms with Gasteiger partial charge in [0.25, 0.3) is 0 Å². The Morgan fingerprint density at radius 3 is 2.48 bits per heavy atom. The molecule has 120 valence electrons. The molecule has 0 saturated carbocycles. The summed E-state index contributed by atoms with van der Waals surface area (Å²) in [6.07, 6.45) is 5.01. The first-order valence-electron chi connectivity index (χ1n) is 7.98. The largest absolute Gasteiger partial charge is 0.480 e. The standard InChI is InChI=1S/C15H27N3O3/c1-12(17-8-4-3-5-9-17)11-16-14(21)18-10-6-7-15(18,2)13(19)20/h12H,3-11H2,1-2H3,(H,16,21)(H,19,20). The third kappa shape index (κ3) is 3.48. The lowest BCUT2D eigenvalue weighted by Gasteiger charge is -2.34. The van der Waals surface area contributed by atoms with Crippen LogP contribution in [0.15, 0.2) is 0 Å². The molecular weight excluding hydrogens is 270 g/mol. The van der Waals surface area contributed by atoms with Crippen LogP contribution < -0.4 is 5.32 Å². The van der Waals surface area contributed by atoms with Crippen molar-refractivity contribution in [3.8, 4) is 0 Å². The first kappa shape index (κ1) is 16.1. The smallest absolute Gasteiger partial charge is 0.329 e. The molecule has 0 bridgehead atoms. The van der Waals surface area contributed by atoms with Gasteiger partial charge in [0, 0.05) is 19.1 Å². The Labute approximate surface area is 126 Å². The average Bonchev–Trinajstić information content (AvgIpc) is 2.89. The van der Waals surface area contributed by atoms with Gasteiger partial charge in [-0.05, 0) is 52.6 Å². The topological polar surface area (TPSA) is 72.9 Å². The van der Waals surface area contributed by atoms with Crippen molar-refractivity contribution in [1.82, 2.24) is 15.1 Å². The van der Waals surface area contributed by atoms with Gasteiger partial charge in [-0.1, -0.05) is 6.42 Å². The zero-order valence-corrected chi connectivity index (χ0v) is 13.1. The molecular formula is C15H27N3O3. The monoisotopic (exact) mass is 297 g/mol.